The van der Waals surface area contributed by atoms with Crippen LogP contribution in [0, 0.1) is 3.57 Å². The molecule has 3 nitrogen and oxygen atoms in total. The van der Waals surface area contributed by atoms with Crippen LogP contribution in [0.4, 0.5) is 0 Å². The number of rotatable bonds is 3. The van der Waals surface area contributed by atoms with Crippen molar-refractivity contribution < 1.29 is 0 Å². The van der Waals surface area contributed by atoms with E-state index in [2.05, 4.69) is 61.4 Å². The molecule has 3 rings (SSSR count). The zero-order valence-corrected chi connectivity index (χ0v) is 13.8. The Morgan fingerprint density at radius 2 is 2.20 bits per heavy atom. The molecule has 0 radical (unpaired) electrons. The molecule has 0 saturated heterocycles. The highest BCUT2D eigenvalue weighted by Crippen LogP contribution is 2.26. The van der Waals surface area contributed by atoms with Crippen molar-refractivity contribution in [3.63, 3.8) is 0 Å². The zero-order chi connectivity index (χ0) is 14.1. The number of imidazole rings is 1. The Kier molecular flexibility index (Phi) is 3.94. The summed E-state index contributed by atoms with van der Waals surface area (Å²) in [6.07, 6.45) is 3.66. The molecule has 0 aliphatic rings. The fourth-order valence-electron chi connectivity index (χ4n) is 2.27. The number of aromatic nitrogens is 3. The summed E-state index contributed by atoms with van der Waals surface area (Å²) >= 11 is 8.58. The van der Waals surface area contributed by atoms with Crippen molar-refractivity contribution in [2.45, 2.75) is 18.8 Å². The minimum atomic E-state index is -0.128. The first-order chi connectivity index (χ1) is 9.65. The molecular weight excluding hydrogens is 385 g/mol. The number of fused-ring (bicyclic) bond motifs is 1. The minimum Gasteiger partial charge on any atom is -0.322 e. The normalized spacial score (nSPS) is 12.8. The Morgan fingerprint density at radius 3 is 2.90 bits per heavy atom. The van der Waals surface area contributed by atoms with Gasteiger partial charge in [0.05, 0.1) is 23.0 Å². The predicted molar refractivity (Wildman–Crippen MR) is 90.1 cm³/mol. The van der Waals surface area contributed by atoms with Crippen molar-refractivity contribution in [1.29, 1.82) is 0 Å². The summed E-state index contributed by atoms with van der Waals surface area (Å²) in [6, 6.07) is 10.3. The van der Waals surface area contributed by atoms with Gasteiger partial charge in [-0.2, -0.15) is 0 Å². The van der Waals surface area contributed by atoms with Crippen LogP contribution in [0.25, 0.3) is 11.0 Å². The van der Waals surface area contributed by atoms with E-state index >= 15 is 0 Å². The van der Waals surface area contributed by atoms with E-state index in [1.165, 1.54) is 3.57 Å². The Bertz CT molecular complexity index is 737. The molecule has 1 atom stereocenters. The van der Waals surface area contributed by atoms with E-state index in [-0.39, 0.29) is 5.38 Å². The van der Waals surface area contributed by atoms with Crippen molar-refractivity contribution in [3.8, 4) is 0 Å². The fraction of sp³-hybridized carbons (Fsp3) is 0.200. The van der Waals surface area contributed by atoms with E-state index in [4.69, 9.17) is 11.6 Å². The lowest BCUT2D eigenvalue weighted by Gasteiger charge is -2.10. The molecule has 2 aromatic heterocycles. The molecule has 0 saturated carbocycles. The second kappa shape index (κ2) is 5.69. The highest BCUT2D eigenvalue weighted by molar-refractivity contribution is 14.1. The van der Waals surface area contributed by atoms with Crippen LogP contribution in [0.1, 0.15) is 23.7 Å². The molecule has 3 aromatic rings. The van der Waals surface area contributed by atoms with Crippen LogP contribution in [0.5, 0.6) is 0 Å². The molecule has 0 bridgehead atoms. The second-order valence-corrected chi connectivity index (χ2v) is 6.57. The van der Waals surface area contributed by atoms with Gasteiger partial charge < -0.3 is 4.57 Å². The molecule has 1 unspecified atom stereocenters. The molecule has 0 amide bonds. The van der Waals surface area contributed by atoms with Gasteiger partial charge in [-0.25, -0.2) is 4.98 Å². The zero-order valence-electron chi connectivity index (χ0n) is 10.9. The summed E-state index contributed by atoms with van der Waals surface area (Å²) in [5.74, 6) is 0.896. The summed E-state index contributed by atoms with van der Waals surface area (Å²) in [7, 11) is 0. The Labute approximate surface area is 136 Å². The van der Waals surface area contributed by atoms with Gasteiger partial charge in [0.25, 0.3) is 0 Å². The molecule has 0 aliphatic heterocycles. The molecule has 1 aromatic carbocycles. The van der Waals surface area contributed by atoms with Crippen molar-refractivity contribution in [2.24, 2.45) is 0 Å². The van der Waals surface area contributed by atoms with Gasteiger partial charge in [-0.15, -0.1) is 11.6 Å². The lowest BCUT2D eigenvalue weighted by molar-refractivity contribution is 0.740. The number of halogens is 2. The Balaban J connectivity index is 2.14. The van der Waals surface area contributed by atoms with Crippen LogP contribution in [0.3, 0.4) is 0 Å². The predicted octanol–water partition coefficient (Wildman–Crippen LogP) is 4.38. The van der Waals surface area contributed by atoms with E-state index in [0.717, 1.165) is 29.0 Å². The maximum absolute atomic E-state index is 6.28. The van der Waals surface area contributed by atoms with Crippen LogP contribution in [0.2, 0.25) is 0 Å². The first kappa shape index (κ1) is 13.8. The average molecular weight is 398 g/mol. The fourth-order valence-corrected chi connectivity index (χ4v) is 2.91. The average Bonchev–Trinajstić information content (AvgIpc) is 2.78. The third-order valence-corrected chi connectivity index (χ3v) is 4.03. The van der Waals surface area contributed by atoms with E-state index in [0.29, 0.717) is 0 Å². The van der Waals surface area contributed by atoms with Crippen LogP contribution < -0.4 is 0 Å². The highest BCUT2D eigenvalue weighted by atomic mass is 127. The van der Waals surface area contributed by atoms with Crippen LogP contribution in [-0.4, -0.2) is 14.5 Å². The van der Waals surface area contributed by atoms with Crippen LogP contribution in [0.15, 0.2) is 42.7 Å². The summed E-state index contributed by atoms with van der Waals surface area (Å²) in [5.41, 5.74) is 3.24. The summed E-state index contributed by atoms with van der Waals surface area (Å²) in [5, 5.41) is -0.128. The van der Waals surface area contributed by atoms with Gasteiger partial charge >= 0.3 is 0 Å². The van der Waals surface area contributed by atoms with Gasteiger partial charge in [-0.05, 0) is 59.3 Å². The van der Waals surface area contributed by atoms with Crippen LogP contribution in [-0.2, 0) is 6.54 Å². The number of benzene rings is 1. The third kappa shape index (κ3) is 2.67. The highest BCUT2D eigenvalue weighted by Gasteiger charge is 2.15. The smallest absolute Gasteiger partial charge is 0.128 e. The van der Waals surface area contributed by atoms with E-state index in [1.54, 1.807) is 6.20 Å². The van der Waals surface area contributed by atoms with Crippen molar-refractivity contribution in [1.82, 2.24) is 14.5 Å². The lowest BCUT2D eigenvalue weighted by Crippen LogP contribution is -2.05. The van der Waals surface area contributed by atoms with Gasteiger partial charge in [0.15, 0.2) is 0 Å². The van der Waals surface area contributed by atoms with E-state index in [9.17, 15) is 0 Å². The second-order valence-electron chi connectivity index (χ2n) is 4.67. The molecule has 0 fully saturated rings. The SMILES string of the molecule is CC(Cl)c1nc2cc(I)ccc2n1Cc1cccnc1. The maximum Gasteiger partial charge on any atom is 0.128 e. The van der Waals surface area contributed by atoms with Crippen molar-refractivity contribution in [3.05, 3.63) is 57.7 Å². The molecule has 20 heavy (non-hydrogen) atoms. The molecule has 102 valence electrons. The monoisotopic (exact) mass is 397 g/mol. The number of nitrogens with zero attached hydrogens (tertiary/aromatic N) is 3. The maximum atomic E-state index is 6.28. The van der Waals surface area contributed by atoms with Crippen molar-refractivity contribution >= 4 is 45.2 Å². The first-order valence-electron chi connectivity index (χ1n) is 6.34. The topological polar surface area (TPSA) is 30.7 Å². The minimum absolute atomic E-state index is 0.128. The standard InChI is InChI=1S/C15H13ClIN3/c1-10(16)15-19-13-7-12(17)4-5-14(13)20(15)9-11-3-2-6-18-8-11/h2-8,10H,9H2,1H3. The van der Waals surface area contributed by atoms with Gasteiger partial charge in [0.1, 0.15) is 5.82 Å². The van der Waals surface area contributed by atoms with E-state index in [1.807, 2.05) is 19.2 Å². The summed E-state index contributed by atoms with van der Waals surface area (Å²) in [6.45, 7) is 2.69. The number of hydrogen-bond acceptors (Lipinski definition) is 2. The van der Waals surface area contributed by atoms with E-state index < -0.39 is 0 Å². The summed E-state index contributed by atoms with van der Waals surface area (Å²) in [4.78, 5) is 8.84. The molecule has 0 N–H and O–H groups in total. The summed E-state index contributed by atoms with van der Waals surface area (Å²) < 4.78 is 3.34. The van der Waals surface area contributed by atoms with Crippen LogP contribution >= 0.6 is 34.2 Å². The molecule has 5 heteroatoms. The molecular formula is C15H13ClIN3. The molecule has 0 spiro atoms. The Hall–Kier alpha value is -1.14. The third-order valence-electron chi connectivity index (χ3n) is 3.16. The molecule has 0 aliphatic carbocycles. The number of hydrogen-bond donors (Lipinski definition) is 0. The lowest BCUT2D eigenvalue weighted by atomic mass is 10.2. The Morgan fingerprint density at radius 1 is 1.35 bits per heavy atom. The van der Waals surface area contributed by atoms with Gasteiger partial charge in [0.2, 0.25) is 0 Å². The number of alkyl halides is 1. The quantitative estimate of drug-likeness (QED) is 0.485. The largest absolute Gasteiger partial charge is 0.322 e. The van der Waals surface area contributed by atoms with Gasteiger partial charge in [0, 0.05) is 16.0 Å². The van der Waals surface area contributed by atoms with Gasteiger partial charge in [-0.1, -0.05) is 6.07 Å². The molecule has 2 heterocycles. The number of pyridine rings is 1. The van der Waals surface area contributed by atoms with Gasteiger partial charge in [-0.3, -0.25) is 4.98 Å². The van der Waals surface area contributed by atoms with Crippen molar-refractivity contribution in [2.75, 3.05) is 0 Å². The first-order valence-corrected chi connectivity index (χ1v) is 7.85.